The SMILES string of the molecule is Cc1ccc(S(=O)(=O)n2nc(N3CCN(c4ncc(F)cn4)CC34CC4)c3c(F)cc(Cl)cc32)cc1. The van der Waals surface area contributed by atoms with Crippen LogP contribution in [0.25, 0.3) is 10.9 Å². The predicted octanol–water partition coefficient (Wildman–Crippen LogP) is 4.16. The van der Waals surface area contributed by atoms with Gasteiger partial charge in [-0.2, -0.15) is 12.5 Å². The smallest absolute Gasteiger partial charge is 0.283 e. The fourth-order valence-electron chi connectivity index (χ4n) is 4.82. The molecule has 0 amide bonds. The quantitative estimate of drug-likeness (QED) is 0.391. The van der Waals surface area contributed by atoms with E-state index >= 15 is 4.39 Å². The summed E-state index contributed by atoms with van der Waals surface area (Å²) in [6, 6.07) is 8.99. The Labute approximate surface area is 211 Å². The zero-order chi connectivity index (χ0) is 25.2. The van der Waals surface area contributed by atoms with Crippen molar-refractivity contribution < 1.29 is 17.2 Å². The lowest BCUT2D eigenvalue weighted by molar-refractivity contribution is 0.496. The average molecular weight is 531 g/mol. The molecular weight excluding hydrogens is 510 g/mol. The molecule has 0 N–H and O–H groups in total. The number of halogens is 3. The summed E-state index contributed by atoms with van der Waals surface area (Å²) < 4.78 is 56.7. The normalized spacial score (nSPS) is 17.2. The van der Waals surface area contributed by atoms with Crippen LogP contribution >= 0.6 is 11.6 Å². The molecule has 0 unspecified atom stereocenters. The van der Waals surface area contributed by atoms with Gasteiger partial charge in [-0.25, -0.2) is 18.7 Å². The van der Waals surface area contributed by atoms with Crippen molar-refractivity contribution in [2.45, 2.75) is 30.2 Å². The molecule has 1 aliphatic carbocycles. The fourth-order valence-corrected chi connectivity index (χ4v) is 6.29. The largest absolute Gasteiger partial charge is 0.345 e. The Morgan fingerprint density at radius 3 is 2.39 bits per heavy atom. The molecule has 2 aromatic heterocycles. The van der Waals surface area contributed by atoms with Gasteiger partial charge in [0.25, 0.3) is 10.0 Å². The fraction of sp³-hybridized carbons (Fsp3) is 0.292. The molecule has 1 aliphatic heterocycles. The van der Waals surface area contributed by atoms with E-state index in [1.807, 2.05) is 16.7 Å². The van der Waals surface area contributed by atoms with E-state index in [0.717, 1.165) is 34.9 Å². The summed E-state index contributed by atoms with van der Waals surface area (Å²) in [5.74, 6) is -0.484. The second kappa shape index (κ2) is 8.10. The molecule has 2 aromatic carbocycles. The number of rotatable bonds is 4. The van der Waals surface area contributed by atoms with Gasteiger partial charge in [0.15, 0.2) is 11.6 Å². The maximum atomic E-state index is 15.3. The van der Waals surface area contributed by atoms with Crippen molar-refractivity contribution in [2.75, 3.05) is 29.4 Å². The van der Waals surface area contributed by atoms with E-state index in [0.29, 0.717) is 25.6 Å². The first kappa shape index (κ1) is 23.1. The maximum Gasteiger partial charge on any atom is 0.283 e. The lowest BCUT2D eigenvalue weighted by Crippen LogP contribution is -2.56. The third-order valence-corrected chi connectivity index (χ3v) is 8.64. The molecule has 1 spiro atoms. The van der Waals surface area contributed by atoms with Crippen molar-refractivity contribution in [1.82, 2.24) is 19.2 Å². The van der Waals surface area contributed by atoms with Crippen molar-refractivity contribution in [1.29, 1.82) is 0 Å². The maximum absolute atomic E-state index is 15.3. The Hall–Kier alpha value is -3.31. The number of hydrogen-bond donors (Lipinski definition) is 0. The van der Waals surface area contributed by atoms with Crippen LogP contribution in [0.1, 0.15) is 18.4 Å². The van der Waals surface area contributed by atoms with Crippen molar-refractivity contribution in [2.24, 2.45) is 0 Å². The van der Waals surface area contributed by atoms with E-state index in [1.165, 1.54) is 24.3 Å². The van der Waals surface area contributed by atoms with Gasteiger partial charge in [0.2, 0.25) is 5.95 Å². The summed E-state index contributed by atoms with van der Waals surface area (Å²) >= 11 is 6.14. The van der Waals surface area contributed by atoms with Crippen LogP contribution in [0.3, 0.4) is 0 Å². The van der Waals surface area contributed by atoms with Crippen LogP contribution in [-0.2, 0) is 10.0 Å². The molecule has 1 saturated heterocycles. The minimum atomic E-state index is -4.12. The van der Waals surface area contributed by atoms with Crippen LogP contribution < -0.4 is 9.80 Å². The van der Waals surface area contributed by atoms with Gasteiger partial charge in [0.05, 0.1) is 33.7 Å². The van der Waals surface area contributed by atoms with Crippen LogP contribution in [0.15, 0.2) is 53.7 Å². The number of aryl methyl sites for hydroxylation is 1. The topological polar surface area (TPSA) is 84.2 Å². The van der Waals surface area contributed by atoms with E-state index in [1.54, 1.807) is 12.1 Å². The number of nitrogens with zero attached hydrogens (tertiary/aromatic N) is 6. The van der Waals surface area contributed by atoms with Gasteiger partial charge in [0.1, 0.15) is 5.82 Å². The van der Waals surface area contributed by atoms with Crippen molar-refractivity contribution in [3.63, 3.8) is 0 Å². The molecule has 8 nitrogen and oxygen atoms in total. The molecule has 0 atom stereocenters. The molecule has 0 radical (unpaired) electrons. The molecule has 3 heterocycles. The van der Waals surface area contributed by atoms with Crippen molar-refractivity contribution in [3.8, 4) is 0 Å². The minimum Gasteiger partial charge on any atom is -0.345 e. The second-order valence-electron chi connectivity index (χ2n) is 9.27. The molecule has 4 aromatic rings. The van der Waals surface area contributed by atoms with Crippen LogP contribution in [0, 0.1) is 18.6 Å². The van der Waals surface area contributed by atoms with Gasteiger partial charge in [-0.1, -0.05) is 29.3 Å². The Kier molecular flexibility index (Phi) is 5.20. The highest BCUT2D eigenvalue weighted by Gasteiger charge is 2.53. The molecule has 6 rings (SSSR count). The van der Waals surface area contributed by atoms with Gasteiger partial charge in [0, 0.05) is 24.7 Å². The second-order valence-corrected chi connectivity index (χ2v) is 11.5. The summed E-state index contributed by atoms with van der Waals surface area (Å²) in [6.07, 6.45) is 3.86. The number of hydrogen-bond acceptors (Lipinski definition) is 7. The molecule has 186 valence electrons. The standard InChI is InChI=1S/C24H21ClF2N6O2S/c1-15-2-4-18(5-3-15)36(34,35)33-20-11-16(25)10-19(27)21(20)22(30-33)32-9-8-31(14-24(32)6-7-24)23-28-12-17(26)13-29-23/h2-5,10-13H,6-9,14H2,1H3. The summed E-state index contributed by atoms with van der Waals surface area (Å²) in [5, 5.41) is 4.67. The molecule has 36 heavy (non-hydrogen) atoms. The van der Waals surface area contributed by atoms with Crippen LogP contribution in [0.4, 0.5) is 20.5 Å². The van der Waals surface area contributed by atoms with Gasteiger partial charge in [-0.15, -0.1) is 5.10 Å². The zero-order valence-corrected chi connectivity index (χ0v) is 20.8. The molecule has 2 fully saturated rings. The van der Waals surface area contributed by atoms with Gasteiger partial charge in [-0.05, 0) is 44.0 Å². The third-order valence-electron chi connectivity index (χ3n) is 6.82. The van der Waals surface area contributed by atoms with Gasteiger partial charge >= 0.3 is 0 Å². The minimum absolute atomic E-state index is 0.0452. The molecule has 12 heteroatoms. The van der Waals surface area contributed by atoms with Crippen molar-refractivity contribution in [3.05, 3.63) is 71.0 Å². The first-order chi connectivity index (χ1) is 17.2. The zero-order valence-electron chi connectivity index (χ0n) is 19.2. The van der Waals surface area contributed by atoms with Gasteiger partial charge in [-0.3, -0.25) is 0 Å². The van der Waals surface area contributed by atoms with Gasteiger partial charge < -0.3 is 9.80 Å². The number of aromatic nitrogens is 4. The molecular formula is C24H21ClF2N6O2S. The highest BCUT2D eigenvalue weighted by atomic mass is 35.5. The van der Waals surface area contributed by atoms with E-state index in [-0.39, 0.29) is 32.2 Å². The number of fused-ring (bicyclic) bond motifs is 1. The van der Waals surface area contributed by atoms with E-state index in [9.17, 15) is 12.8 Å². The monoisotopic (exact) mass is 530 g/mol. The lowest BCUT2D eigenvalue weighted by atomic mass is 10.1. The predicted molar refractivity (Wildman–Crippen MR) is 132 cm³/mol. The Bertz CT molecular complexity index is 1590. The molecule has 1 saturated carbocycles. The summed E-state index contributed by atoms with van der Waals surface area (Å²) in [5.41, 5.74) is 0.602. The van der Waals surface area contributed by atoms with Crippen LogP contribution in [0.2, 0.25) is 5.02 Å². The van der Waals surface area contributed by atoms with E-state index in [2.05, 4.69) is 15.1 Å². The highest BCUT2D eigenvalue weighted by Crippen LogP contribution is 2.48. The summed E-state index contributed by atoms with van der Waals surface area (Å²) in [7, 11) is -4.12. The van der Waals surface area contributed by atoms with E-state index < -0.39 is 21.7 Å². The van der Waals surface area contributed by atoms with E-state index in [4.69, 9.17) is 11.6 Å². The number of benzene rings is 2. The third kappa shape index (κ3) is 3.68. The van der Waals surface area contributed by atoms with Crippen LogP contribution in [-0.4, -0.2) is 52.7 Å². The molecule has 2 aliphatic rings. The highest BCUT2D eigenvalue weighted by molar-refractivity contribution is 7.90. The Morgan fingerprint density at radius 1 is 1.03 bits per heavy atom. The van der Waals surface area contributed by atoms with Crippen molar-refractivity contribution >= 4 is 44.3 Å². The Balaban J connectivity index is 1.45. The first-order valence-electron chi connectivity index (χ1n) is 11.4. The van der Waals surface area contributed by atoms with Crippen LogP contribution in [0.5, 0.6) is 0 Å². The molecule has 0 bridgehead atoms. The Morgan fingerprint density at radius 2 is 1.72 bits per heavy atom. The lowest BCUT2D eigenvalue weighted by Gasteiger charge is -2.42. The first-order valence-corrected chi connectivity index (χ1v) is 13.2. The number of piperazine rings is 1. The summed E-state index contributed by atoms with van der Waals surface area (Å²) in [6.45, 7) is 3.28. The average Bonchev–Trinajstić information content (AvgIpc) is 3.48. The number of anilines is 2. The summed E-state index contributed by atoms with van der Waals surface area (Å²) in [4.78, 5) is 12.2.